The first-order valence-electron chi connectivity index (χ1n) is 3.65. The van der Waals surface area contributed by atoms with E-state index in [1.54, 1.807) is 12.1 Å². The zero-order chi connectivity index (χ0) is 10.4. The summed E-state index contributed by atoms with van der Waals surface area (Å²) in [4.78, 5) is 0. The minimum absolute atomic E-state index is 0.191. The van der Waals surface area contributed by atoms with Crippen molar-refractivity contribution in [1.29, 1.82) is 10.5 Å². The Balaban J connectivity index is 2.73. The molecule has 0 aromatic heterocycles. The predicted octanol–water partition coefficient (Wildman–Crippen LogP) is 2.11. The molecule has 0 saturated heterocycles. The van der Waals surface area contributed by atoms with Crippen LogP contribution in [0.25, 0.3) is 0 Å². The van der Waals surface area contributed by atoms with Gasteiger partial charge in [0.25, 0.3) is 0 Å². The third-order valence-corrected chi connectivity index (χ3v) is 2.07. The SMILES string of the molecule is N#CC(C#N)=NNc1ccc(I)cc1. The smallest absolute Gasteiger partial charge is 0.237 e. The number of nitriles is 2. The summed E-state index contributed by atoms with van der Waals surface area (Å²) in [5.41, 5.74) is 3.17. The molecule has 14 heavy (non-hydrogen) atoms. The number of rotatable bonds is 2. The van der Waals surface area contributed by atoms with Crippen LogP contribution in [0.4, 0.5) is 5.69 Å². The van der Waals surface area contributed by atoms with Crippen molar-refractivity contribution in [3.8, 4) is 12.1 Å². The van der Waals surface area contributed by atoms with E-state index in [9.17, 15) is 0 Å². The molecule has 1 N–H and O–H groups in total. The van der Waals surface area contributed by atoms with Crippen LogP contribution in [0.1, 0.15) is 0 Å². The van der Waals surface area contributed by atoms with Gasteiger partial charge in [-0.25, -0.2) is 0 Å². The molecule has 0 bridgehead atoms. The van der Waals surface area contributed by atoms with Crippen LogP contribution in [-0.4, -0.2) is 5.71 Å². The molecule has 68 valence electrons. The number of anilines is 1. The number of hydrogen-bond acceptors (Lipinski definition) is 4. The van der Waals surface area contributed by atoms with E-state index in [2.05, 4.69) is 33.1 Å². The van der Waals surface area contributed by atoms with E-state index in [-0.39, 0.29) is 5.71 Å². The Morgan fingerprint density at radius 1 is 1.21 bits per heavy atom. The number of halogens is 1. The van der Waals surface area contributed by atoms with Gasteiger partial charge in [-0.3, -0.25) is 5.43 Å². The molecule has 0 saturated carbocycles. The van der Waals surface area contributed by atoms with Gasteiger partial charge in [0.05, 0.1) is 5.69 Å². The first-order chi connectivity index (χ1) is 6.76. The molecular formula is C9H5IN4. The number of hydrazone groups is 1. The summed E-state index contributed by atoms with van der Waals surface area (Å²) in [5.74, 6) is 0. The summed E-state index contributed by atoms with van der Waals surface area (Å²) in [7, 11) is 0. The topological polar surface area (TPSA) is 72.0 Å². The van der Waals surface area contributed by atoms with Gasteiger partial charge in [-0.05, 0) is 46.9 Å². The zero-order valence-corrected chi connectivity index (χ0v) is 9.19. The van der Waals surface area contributed by atoms with Crippen molar-refractivity contribution in [2.24, 2.45) is 5.10 Å². The number of nitrogens with zero attached hydrogens (tertiary/aromatic N) is 3. The van der Waals surface area contributed by atoms with E-state index < -0.39 is 0 Å². The standard InChI is InChI=1S/C9H5IN4/c10-7-1-3-8(4-2-7)13-14-9(5-11)6-12/h1-4,13H. The maximum atomic E-state index is 8.40. The van der Waals surface area contributed by atoms with Gasteiger partial charge in [0.1, 0.15) is 12.1 Å². The van der Waals surface area contributed by atoms with Crippen LogP contribution in [-0.2, 0) is 0 Å². The second-order valence-electron chi connectivity index (χ2n) is 2.30. The molecule has 0 radical (unpaired) electrons. The maximum Gasteiger partial charge on any atom is 0.237 e. The number of nitrogens with one attached hydrogen (secondary N) is 1. The third-order valence-electron chi connectivity index (χ3n) is 1.35. The van der Waals surface area contributed by atoms with Crippen molar-refractivity contribution in [3.63, 3.8) is 0 Å². The molecule has 1 rings (SSSR count). The van der Waals surface area contributed by atoms with E-state index in [0.29, 0.717) is 0 Å². The average molecular weight is 296 g/mol. The molecule has 0 unspecified atom stereocenters. The summed E-state index contributed by atoms with van der Waals surface area (Å²) in [6.07, 6.45) is 0. The van der Waals surface area contributed by atoms with Gasteiger partial charge in [0, 0.05) is 3.57 Å². The molecule has 1 aromatic carbocycles. The first-order valence-corrected chi connectivity index (χ1v) is 4.73. The van der Waals surface area contributed by atoms with Crippen LogP contribution >= 0.6 is 22.6 Å². The Hall–Kier alpha value is -1.60. The maximum absolute atomic E-state index is 8.40. The van der Waals surface area contributed by atoms with E-state index >= 15 is 0 Å². The van der Waals surface area contributed by atoms with Gasteiger partial charge >= 0.3 is 0 Å². The fraction of sp³-hybridized carbons (Fsp3) is 0. The van der Waals surface area contributed by atoms with Crippen LogP contribution in [0.3, 0.4) is 0 Å². The highest BCUT2D eigenvalue weighted by molar-refractivity contribution is 14.1. The summed E-state index contributed by atoms with van der Waals surface area (Å²) in [6.45, 7) is 0. The Morgan fingerprint density at radius 3 is 2.29 bits per heavy atom. The summed E-state index contributed by atoms with van der Waals surface area (Å²) < 4.78 is 1.11. The molecule has 0 aliphatic heterocycles. The molecule has 1 aromatic rings. The molecule has 0 amide bonds. The molecule has 5 heteroatoms. The lowest BCUT2D eigenvalue weighted by Crippen LogP contribution is -1.95. The fourth-order valence-corrected chi connectivity index (χ4v) is 1.08. The second-order valence-corrected chi connectivity index (χ2v) is 3.55. The van der Waals surface area contributed by atoms with E-state index in [1.807, 2.05) is 24.3 Å². The monoisotopic (exact) mass is 296 g/mol. The lowest BCUT2D eigenvalue weighted by atomic mass is 10.3. The Kier molecular flexibility index (Phi) is 3.89. The highest BCUT2D eigenvalue weighted by Gasteiger charge is 1.93. The highest BCUT2D eigenvalue weighted by Crippen LogP contribution is 2.10. The van der Waals surface area contributed by atoms with Crippen molar-refractivity contribution >= 4 is 34.0 Å². The van der Waals surface area contributed by atoms with Crippen LogP contribution in [0, 0.1) is 26.2 Å². The van der Waals surface area contributed by atoms with Gasteiger partial charge in [-0.1, -0.05) is 0 Å². The zero-order valence-electron chi connectivity index (χ0n) is 7.03. The predicted molar refractivity (Wildman–Crippen MR) is 61.4 cm³/mol. The Labute approximate surface area is 95.0 Å². The number of benzene rings is 1. The minimum Gasteiger partial charge on any atom is -0.277 e. The van der Waals surface area contributed by atoms with Crippen molar-refractivity contribution < 1.29 is 0 Å². The van der Waals surface area contributed by atoms with E-state index in [1.165, 1.54) is 0 Å². The van der Waals surface area contributed by atoms with Crippen LogP contribution in [0.15, 0.2) is 29.4 Å². The first kappa shape index (κ1) is 10.5. The normalized spacial score (nSPS) is 8.21. The van der Waals surface area contributed by atoms with Gasteiger partial charge in [-0.2, -0.15) is 15.6 Å². The molecule has 4 nitrogen and oxygen atoms in total. The summed E-state index contributed by atoms with van der Waals surface area (Å²) in [5, 5.41) is 20.4. The van der Waals surface area contributed by atoms with Crippen molar-refractivity contribution in [2.45, 2.75) is 0 Å². The third kappa shape index (κ3) is 3.04. The largest absolute Gasteiger partial charge is 0.277 e. The minimum atomic E-state index is -0.191. The van der Waals surface area contributed by atoms with Crippen LogP contribution < -0.4 is 5.43 Å². The van der Waals surface area contributed by atoms with Gasteiger partial charge in [0.15, 0.2) is 0 Å². The van der Waals surface area contributed by atoms with Crippen molar-refractivity contribution in [1.82, 2.24) is 0 Å². The molecule has 0 aliphatic rings. The second kappa shape index (κ2) is 5.20. The summed E-state index contributed by atoms with van der Waals surface area (Å²) in [6, 6.07) is 10.8. The molecule has 0 spiro atoms. The lowest BCUT2D eigenvalue weighted by Gasteiger charge is -1.98. The highest BCUT2D eigenvalue weighted by atomic mass is 127. The molecule has 0 aliphatic carbocycles. The van der Waals surface area contributed by atoms with Gasteiger partial charge < -0.3 is 0 Å². The van der Waals surface area contributed by atoms with Crippen molar-refractivity contribution in [3.05, 3.63) is 27.8 Å². The van der Waals surface area contributed by atoms with Crippen LogP contribution in [0.2, 0.25) is 0 Å². The quantitative estimate of drug-likeness (QED) is 0.516. The molecular weight excluding hydrogens is 291 g/mol. The van der Waals surface area contributed by atoms with Gasteiger partial charge in [-0.15, -0.1) is 0 Å². The van der Waals surface area contributed by atoms with Crippen LogP contribution in [0.5, 0.6) is 0 Å². The van der Waals surface area contributed by atoms with Crippen molar-refractivity contribution in [2.75, 3.05) is 5.43 Å². The average Bonchev–Trinajstić information content (AvgIpc) is 2.22. The Bertz CT molecular complexity index is 406. The Morgan fingerprint density at radius 2 is 1.79 bits per heavy atom. The number of hydrogen-bond donors (Lipinski definition) is 1. The van der Waals surface area contributed by atoms with E-state index in [4.69, 9.17) is 10.5 Å². The van der Waals surface area contributed by atoms with E-state index in [0.717, 1.165) is 9.26 Å². The lowest BCUT2D eigenvalue weighted by molar-refractivity contribution is 1.33. The van der Waals surface area contributed by atoms with Gasteiger partial charge in [0.2, 0.25) is 5.71 Å². The fourth-order valence-electron chi connectivity index (χ4n) is 0.720. The molecule has 0 heterocycles. The summed E-state index contributed by atoms with van der Waals surface area (Å²) >= 11 is 2.18. The molecule has 0 fully saturated rings. The molecule has 0 atom stereocenters.